The number of halogens is 1. The third-order valence-corrected chi connectivity index (χ3v) is 5.07. The van der Waals surface area contributed by atoms with Crippen molar-refractivity contribution in [3.8, 4) is 0 Å². The minimum Gasteiger partial charge on any atom is -0.390 e. The Morgan fingerprint density at radius 2 is 2.11 bits per heavy atom. The number of nitrogens with zero attached hydrogens (tertiary/aromatic N) is 1. The van der Waals surface area contributed by atoms with E-state index in [9.17, 15) is 23.7 Å². The van der Waals surface area contributed by atoms with Gasteiger partial charge in [-0.25, -0.2) is 4.79 Å². The summed E-state index contributed by atoms with van der Waals surface area (Å²) < 4.78 is 41.9. The monoisotopic (exact) mass is 413 g/mol. The predicted molar refractivity (Wildman–Crippen MR) is 95.3 cm³/mol. The van der Waals surface area contributed by atoms with Crippen molar-refractivity contribution >= 4 is 8.25 Å². The molecule has 150 valence electrons. The molecule has 0 amide bonds. The Morgan fingerprint density at radius 1 is 1.36 bits per heavy atom. The van der Waals surface area contributed by atoms with Crippen molar-refractivity contribution in [1.29, 1.82) is 0 Å². The molecule has 0 bridgehead atoms. The van der Waals surface area contributed by atoms with Gasteiger partial charge < -0.3 is 9.84 Å². The van der Waals surface area contributed by atoms with Gasteiger partial charge in [0.05, 0.1) is 12.3 Å². The van der Waals surface area contributed by atoms with E-state index in [1.54, 1.807) is 0 Å². The van der Waals surface area contributed by atoms with E-state index >= 15 is 0 Å². The van der Waals surface area contributed by atoms with Crippen molar-refractivity contribution in [1.82, 2.24) is 9.55 Å². The molecule has 1 saturated heterocycles. The molecule has 4 unspecified atom stereocenters. The summed E-state index contributed by atoms with van der Waals surface area (Å²) in [7, 11) is -2.45. The van der Waals surface area contributed by atoms with Gasteiger partial charge in [0.2, 0.25) is 5.82 Å². The number of ether oxygens (including phenoxy) is 1. The van der Waals surface area contributed by atoms with E-state index in [0.717, 1.165) is 15.7 Å². The minimum atomic E-state index is -2.45. The Morgan fingerprint density at radius 3 is 2.86 bits per heavy atom. The number of nitrogens with one attached hydrogen (secondary N) is 1. The zero-order valence-electron chi connectivity index (χ0n) is 14.9. The van der Waals surface area contributed by atoms with Gasteiger partial charge in [-0.3, -0.25) is 14.3 Å². The second-order valence-corrected chi connectivity index (χ2v) is 7.26. The van der Waals surface area contributed by atoms with Crippen LogP contribution < -0.4 is 11.2 Å². The summed E-state index contributed by atoms with van der Waals surface area (Å²) in [6.07, 6.45) is -2.24. The largest absolute Gasteiger partial charge is 0.697 e. The summed E-state index contributed by atoms with van der Waals surface area (Å²) in [5, 5.41) is 10.1. The highest BCUT2D eigenvalue weighted by Gasteiger charge is 2.38. The van der Waals surface area contributed by atoms with E-state index in [1.807, 2.05) is 36.2 Å². The topological polar surface area (TPSA) is 120 Å². The maximum absolute atomic E-state index is 13.4. The molecule has 1 aromatic heterocycles. The van der Waals surface area contributed by atoms with Gasteiger partial charge >= 0.3 is 13.9 Å². The molecular weight excluding hydrogens is 394 g/mol. The number of benzene rings is 1. The molecule has 2 N–H and O–H groups in total. The van der Waals surface area contributed by atoms with Gasteiger partial charge in [0.25, 0.3) is 5.56 Å². The van der Waals surface area contributed by atoms with Crippen LogP contribution in [-0.4, -0.2) is 33.5 Å². The Balaban J connectivity index is 1.53. The lowest BCUT2D eigenvalue weighted by Crippen LogP contribution is -2.34. The van der Waals surface area contributed by atoms with E-state index in [1.165, 1.54) is 0 Å². The molecule has 2 heterocycles. The maximum atomic E-state index is 13.4. The number of aromatic amines is 1. The molecular formula is C17H19FN2O7P+. The van der Waals surface area contributed by atoms with Crippen LogP contribution in [0.2, 0.25) is 0 Å². The van der Waals surface area contributed by atoms with Gasteiger partial charge in [-0.15, -0.1) is 9.05 Å². The van der Waals surface area contributed by atoms with E-state index < -0.39 is 43.8 Å². The van der Waals surface area contributed by atoms with Gasteiger partial charge in [-0.05, 0) is 18.1 Å². The minimum absolute atomic E-state index is 0.0275. The normalized spacial score (nSPS) is 22.4. The first kappa shape index (κ1) is 20.5. The third-order valence-electron chi connectivity index (χ3n) is 4.37. The lowest BCUT2D eigenvalue weighted by Gasteiger charge is -2.14. The molecule has 1 aliphatic rings. The van der Waals surface area contributed by atoms with Crippen molar-refractivity contribution < 1.29 is 27.8 Å². The fourth-order valence-corrected chi connectivity index (χ4v) is 3.36. The molecule has 28 heavy (non-hydrogen) atoms. The van der Waals surface area contributed by atoms with Crippen LogP contribution in [0.4, 0.5) is 4.39 Å². The number of aryl methyl sites for hydroxylation is 1. The fraction of sp³-hybridized carbons (Fsp3) is 0.412. The second kappa shape index (κ2) is 8.85. The number of aliphatic hydroxyl groups is 1. The van der Waals surface area contributed by atoms with Crippen LogP contribution in [0.1, 0.15) is 23.8 Å². The molecule has 1 aliphatic heterocycles. The van der Waals surface area contributed by atoms with Crippen molar-refractivity contribution in [2.45, 2.75) is 38.4 Å². The van der Waals surface area contributed by atoms with Crippen molar-refractivity contribution in [3.63, 3.8) is 0 Å². The molecule has 0 saturated carbocycles. The van der Waals surface area contributed by atoms with Crippen LogP contribution in [-0.2, 0) is 25.0 Å². The lowest BCUT2D eigenvalue weighted by atomic mass is 10.1. The Kier molecular flexibility index (Phi) is 6.48. The Hall–Kier alpha value is -2.23. The summed E-state index contributed by atoms with van der Waals surface area (Å²) in [5.74, 6) is -1.15. The standard InChI is InChI=1S/C17H18FN2O7P/c1-10-4-2-3-5-11(10)8-25-28(24)26-9-14-13(21)6-15(27-14)20-7-12(18)16(22)19-17(20)23/h2-5,7,13-15,21H,6,8-9H2,1H3/p+1. The predicted octanol–water partition coefficient (Wildman–Crippen LogP) is 1.52. The number of hydrogen-bond acceptors (Lipinski definition) is 7. The maximum Gasteiger partial charge on any atom is 0.697 e. The molecule has 0 spiro atoms. The van der Waals surface area contributed by atoms with Crippen molar-refractivity contribution in [2.75, 3.05) is 6.61 Å². The average Bonchev–Trinajstić information content (AvgIpc) is 3.02. The molecule has 3 rings (SSSR count). The van der Waals surface area contributed by atoms with Crippen LogP contribution in [0, 0.1) is 12.7 Å². The highest BCUT2D eigenvalue weighted by Crippen LogP contribution is 2.32. The van der Waals surface area contributed by atoms with Crippen molar-refractivity contribution in [2.24, 2.45) is 0 Å². The summed E-state index contributed by atoms with van der Waals surface area (Å²) in [6, 6.07) is 7.46. The SMILES string of the molecule is Cc1ccccc1CO[P+](=O)OCC1OC(n2cc(F)c(=O)[nH]c2=O)CC1O. The first-order valence-corrected chi connectivity index (χ1v) is 9.57. The smallest absolute Gasteiger partial charge is 0.390 e. The van der Waals surface area contributed by atoms with Crippen LogP contribution in [0.5, 0.6) is 0 Å². The molecule has 4 atom stereocenters. The third kappa shape index (κ3) is 4.78. The summed E-state index contributed by atoms with van der Waals surface area (Å²) in [6.45, 7) is 1.75. The van der Waals surface area contributed by atoms with Crippen LogP contribution in [0.15, 0.2) is 40.1 Å². The van der Waals surface area contributed by atoms with Crippen molar-refractivity contribution in [3.05, 3.63) is 68.2 Å². The van der Waals surface area contributed by atoms with Gasteiger partial charge in [-0.2, -0.15) is 4.39 Å². The zero-order valence-corrected chi connectivity index (χ0v) is 15.8. The number of H-pyrrole nitrogens is 1. The number of aromatic nitrogens is 2. The van der Waals surface area contributed by atoms with Crippen LogP contribution in [0.25, 0.3) is 0 Å². The fourth-order valence-electron chi connectivity index (χ4n) is 2.78. The van der Waals surface area contributed by atoms with Crippen LogP contribution in [0.3, 0.4) is 0 Å². The van der Waals surface area contributed by atoms with E-state index in [2.05, 4.69) is 0 Å². The van der Waals surface area contributed by atoms with Gasteiger partial charge in [0.1, 0.15) is 25.5 Å². The molecule has 0 aliphatic carbocycles. The highest BCUT2D eigenvalue weighted by molar-refractivity contribution is 7.33. The second-order valence-electron chi connectivity index (χ2n) is 6.30. The summed E-state index contributed by atoms with van der Waals surface area (Å²) >= 11 is 0. The molecule has 1 fully saturated rings. The van der Waals surface area contributed by atoms with E-state index in [0.29, 0.717) is 6.20 Å². The molecule has 9 nitrogen and oxygen atoms in total. The number of aliphatic hydroxyl groups excluding tert-OH is 1. The molecule has 2 aromatic rings. The summed E-state index contributed by atoms with van der Waals surface area (Å²) in [5.41, 5.74) is -0.145. The molecule has 0 radical (unpaired) electrons. The van der Waals surface area contributed by atoms with Gasteiger partial charge in [-0.1, -0.05) is 24.3 Å². The average molecular weight is 413 g/mol. The molecule has 11 heteroatoms. The first-order valence-electron chi connectivity index (χ1n) is 8.47. The quantitative estimate of drug-likeness (QED) is 0.661. The lowest BCUT2D eigenvalue weighted by molar-refractivity contribution is -0.0424. The zero-order chi connectivity index (χ0) is 20.3. The summed E-state index contributed by atoms with van der Waals surface area (Å²) in [4.78, 5) is 24.7. The van der Waals surface area contributed by atoms with Gasteiger partial charge in [0, 0.05) is 11.0 Å². The Bertz CT molecular complexity index is 976. The Labute approximate surface area is 159 Å². The molecule has 1 aromatic carbocycles. The van der Waals surface area contributed by atoms with Gasteiger partial charge in [0.15, 0.2) is 0 Å². The van der Waals surface area contributed by atoms with E-state index in [4.69, 9.17) is 13.8 Å². The van der Waals surface area contributed by atoms with Crippen LogP contribution >= 0.6 is 8.25 Å². The number of rotatable bonds is 7. The number of hydrogen-bond donors (Lipinski definition) is 2. The highest BCUT2D eigenvalue weighted by atomic mass is 31.1. The van der Waals surface area contributed by atoms with E-state index in [-0.39, 0.29) is 19.6 Å². The first-order chi connectivity index (χ1) is 13.3.